The molecule has 8 nitrogen and oxygen atoms in total. The molecule has 1 N–H and O–H groups in total. The Morgan fingerprint density at radius 2 is 1.07 bits per heavy atom. The summed E-state index contributed by atoms with van der Waals surface area (Å²) in [6.45, 7) is 0. The summed E-state index contributed by atoms with van der Waals surface area (Å²) in [5.74, 6) is 3.08. The van der Waals surface area contributed by atoms with E-state index in [2.05, 4.69) is 131 Å². The maximum absolute atomic E-state index is 6.46. The molecule has 0 bridgehead atoms. The van der Waals surface area contributed by atoms with Crippen molar-refractivity contribution in [2.24, 2.45) is 9.98 Å². The minimum Gasteiger partial charge on any atom is -0.456 e. The molecule has 0 amide bonds. The van der Waals surface area contributed by atoms with Crippen LogP contribution in [0, 0.1) is 0 Å². The van der Waals surface area contributed by atoms with E-state index in [9.17, 15) is 0 Å². The molecule has 0 spiro atoms. The monoisotopic (exact) mass is 903 g/mol. The van der Waals surface area contributed by atoms with E-state index >= 15 is 0 Å². The van der Waals surface area contributed by atoms with E-state index in [4.69, 9.17) is 29.4 Å². The van der Waals surface area contributed by atoms with Crippen molar-refractivity contribution in [3.05, 3.63) is 229 Å². The van der Waals surface area contributed by atoms with E-state index in [0.717, 1.165) is 88.6 Å². The number of hydrogen-bond acceptors (Lipinski definition) is 8. The van der Waals surface area contributed by atoms with Crippen LogP contribution in [0.25, 0.3) is 104 Å². The first kappa shape index (κ1) is 39.1. The van der Waals surface area contributed by atoms with Crippen molar-refractivity contribution in [2.75, 3.05) is 0 Å². The molecular weight excluding hydrogens is 867 g/mol. The van der Waals surface area contributed by atoms with Crippen molar-refractivity contribution >= 4 is 86.9 Å². The molecular formula is C60H37N7OS. The van der Waals surface area contributed by atoms with Crippen LogP contribution in [0.4, 0.5) is 0 Å². The topological polar surface area (TPSA) is 93.5 Å². The number of furan rings is 1. The van der Waals surface area contributed by atoms with Crippen molar-refractivity contribution in [1.29, 1.82) is 0 Å². The van der Waals surface area contributed by atoms with Crippen LogP contribution >= 0.6 is 11.3 Å². The van der Waals surface area contributed by atoms with Gasteiger partial charge in [-0.25, -0.2) is 24.9 Å². The maximum atomic E-state index is 6.46. The van der Waals surface area contributed by atoms with Gasteiger partial charge in [-0.15, -0.1) is 11.3 Å². The van der Waals surface area contributed by atoms with Crippen molar-refractivity contribution in [3.63, 3.8) is 0 Å². The zero-order chi connectivity index (χ0) is 45.4. The number of hydrogen-bond donors (Lipinski definition) is 1. The number of para-hydroxylation sites is 2. The quantitative estimate of drug-likeness (QED) is 0.172. The normalized spacial score (nSPS) is 13.9. The Labute approximate surface area is 399 Å². The summed E-state index contributed by atoms with van der Waals surface area (Å²) in [6, 6.07) is 73.5. The van der Waals surface area contributed by atoms with Gasteiger partial charge in [0.25, 0.3) is 0 Å². The highest BCUT2D eigenvalue weighted by Crippen LogP contribution is 2.42. The Bertz CT molecular complexity index is 4170. The van der Waals surface area contributed by atoms with Crippen molar-refractivity contribution in [2.45, 2.75) is 6.17 Å². The molecule has 9 aromatic carbocycles. The summed E-state index contributed by atoms with van der Waals surface area (Å²) in [5, 5.41) is 10.5. The van der Waals surface area contributed by atoms with Crippen molar-refractivity contribution in [3.8, 4) is 39.9 Å². The number of nitrogens with one attached hydrogen (secondary N) is 1. The van der Waals surface area contributed by atoms with Crippen LogP contribution < -0.4 is 5.32 Å². The minimum atomic E-state index is -0.519. The summed E-state index contributed by atoms with van der Waals surface area (Å²) in [7, 11) is 0. The minimum absolute atomic E-state index is 0.519. The summed E-state index contributed by atoms with van der Waals surface area (Å²) in [6.07, 6.45) is -0.519. The second kappa shape index (κ2) is 15.8. The molecule has 13 aromatic rings. The van der Waals surface area contributed by atoms with Crippen LogP contribution in [0.5, 0.6) is 0 Å². The number of nitrogens with zero attached hydrogens (tertiary/aromatic N) is 6. The summed E-state index contributed by atoms with van der Waals surface area (Å²) >= 11 is 1.80. The van der Waals surface area contributed by atoms with E-state index in [1.54, 1.807) is 11.3 Å². The summed E-state index contributed by atoms with van der Waals surface area (Å²) in [4.78, 5) is 26.4. The lowest BCUT2D eigenvalue weighted by Gasteiger charge is -2.25. The Morgan fingerprint density at radius 3 is 1.84 bits per heavy atom. The Morgan fingerprint density at radius 1 is 0.435 bits per heavy atom. The fraction of sp³-hybridized carbons (Fsp3) is 0.0167. The molecule has 0 saturated heterocycles. The molecule has 1 aliphatic rings. The molecule has 69 heavy (non-hydrogen) atoms. The number of amidine groups is 2. The van der Waals surface area contributed by atoms with Crippen LogP contribution in [-0.4, -0.2) is 31.2 Å². The van der Waals surface area contributed by atoms with Gasteiger partial charge in [0.05, 0.1) is 16.7 Å². The SMILES string of the molecule is c1ccc(C2=NC(c3ccc4sc5ccccc5c4c3)=NC(c3ccc(-n4c5ccccc5c5cc6oc7ccccc7c6cc54)c(-c4nc(-c5ccccc5)nc(-c5ccccc5)n4)c3)N2)cc1. The molecule has 1 unspecified atom stereocenters. The molecule has 324 valence electrons. The van der Waals surface area contributed by atoms with Crippen LogP contribution in [0.2, 0.25) is 0 Å². The van der Waals surface area contributed by atoms with E-state index < -0.39 is 6.17 Å². The van der Waals surface area contributed by atoms with E-state index in [-0.39, 0.29) is 0 Å². The first-order chi connectivity index (χ1) is 34.2. The fourth-order valence-electron chi connectivity index (χ4n) is 9.83. The molecule has 4 aromatic heterocycles. The van der Waals surface area contributed by atoms with Gasteiger partial charge in [-0.05, 0) is 66.2 Å². The third-order valence-corrected chi connectivity index (χ3v) is 14.3. The second-order valence-corrected chi connectivity index (χ2v) is 18.4. The van der Waals surface area contributed by atoms with Crippen molar-refractivity contribution in [1.82, 2.24) is 24.8 Å². The highest BCUT2D eigenvalue weighted by molar-refractivity contribution is 7.25. The number of rotatable bonds is 7. The van der Waals surface area contributed by atoms with Gasteiger partial charge in [0.15, 0.2) is 23.3 Å². The zero-order valence-electron chi connectivity index (χ0n) is 36.8. The third-order valence-electron chi connectivity index (χ3n) is 13.1. The number of thiophene rings is 1. The summed E-state index contributed by atoms with van der Waals surface area (Å²) in [5.41, 5.74) is 10.1. The molecule has 9 heteroatoms. The molecule has 0 saturated carbocycles. The van der Waals surface area contributed by atoms with E-state index in [1.807, 2.05) is 91.0 Å². The number of aromatic nitrogens is 4. The van der Waals surface area contributed by atoms with Gasteiger partial charge >= 0.3 is 0 Å². The standard InChI is InChI=1S/C60H37N7OS/c1-4-16-36(17-5-1)55-62-58(64-59(63-55)40-29-31-54-46(32-40)43-24-12-15-27-53(43)69-54)39-28-30-49(47(33-39)60-65-56(37-18-6-2-7-19-37)61-57(66-60)38-20-8-3-9-21-38)67-48-25-13-10-22-41(48)44-35-52-45(34-50(44)67)42-23-11-14-26-51(42)68-52/h1-35,58H,(H,62,63,64). The second-order valence-electron chi connectivity index (χ2n) is 17.3. The fourth-order valence-corrected chi connectivity index (χ4v) is 10.9. The Hall–Kier alpha value is -9.05. The van der Waals surface area contributed by atoms with Gasteiger partial charge in [-0.3, -0.25) is 0 Å². The van der Waals surface area contributed by atoms with Gasteiger partial charge in [0.2, 0.25) is 0 Å². The average Bonchev–Trinajstić information content (AvgIpc) is 4.09. The number of benzene rings is 9. The largest absolute Gasteiger partial charge is 0.456 e. The van der Waals surface area contributed by atoms with Gasteiger partial charge in [0, 0.05) is 69.5 Å². The van der Waals surface area contributed by atoms with E-state index in [1.165, 1.54) is 20.2 Å². The van der Waals surface area contributed by atoms with Crippen LogP contribution in [0.1, 0.15) is 22.9 Å². The smallest absolute Gasteiger partial charge is 0.166 e. The van der Waals surface area contributed by atoms with Crippen LogP contribution in [0.3, 0.4) is 0 Å². The first-order valence-electron chi connectivity index (χ1n) is 22.9. The molecule has 14 rings (SSSR count). The number of aliphatic imine (C=N–C) groups is 2. The van der Waals surface area contributed by atoms with Crippen LogP contribution in [0.15, 0.2) is 227 Å². The number of fused-ring (bicyclic) bond motifs is 9. The maximum Gasteiger partial charge on any atom is 0.166 e. The lowest BCUT2D eigenvalue weighted by molar-refractivity contribution is 0.669. The van der Waals surface area contributed by atoms with E-state index in [0.29, 0.717) is 23.3 Å². The lowest BCUT2D eigenvalue weighted by Crippen LogP contribution is -2.33. The predicted molar refractivity (Wildman–Crippen MR) is 282 cm³/mol. The van der Waals surface area contributed by atoms with Gasteiger partial charge in [-0.2, -0.15) is 0 Å². The van der Waals surface area contributed by atoms with Gasteiger partial charge in [0.1, 0.15) is 23.2 Å². The Balaban J connectivity index is 1.02. The molecule has 1 atom stereocenters. The van der Waals surface area contributed by atoms with Gasteiger partial charge < -0.3 is 14.3 Å². The molecule has 1 aliphatic heterocycles. The molecule has 0 radical (unpaired) electrons. The highest BCUT2D eigenvalue weighted by Gasteiger charge is 2.26. The third kappa shape index (κ3) is 6.62. The predicted octanol–water partition coefficient (Wildman–Crippen LogP) is 14.7. The summed E-state index contributed by atoms with van der Waals surface area (Å²) < 4.78 is 11.3. The van der Waals surface area contributed by atoms with Gasteiger partial charge in [-0.1, -0.05) is 152 Å². The molecule has 0 aliphatic carbocycles. The average molecular weight is 904 g/mol. The first-order valence-corrected chi connectivity index (χ1v) is 23.7. The highest BCUT2D eigenvalue weighted by atomic mass is 32.1. The molecule has 0 fully saturated rings. The lowest BCUT2D eigenvalue weighted by atomic mass is 10.0. The zero-order valence-corrected chi connectivity index (χ0v) is 37.6. The Kier molecular flexibility index (Phi) is 8.96. The van der Waals surface area contributed by atoms with Crippen molar-refractivity contribution < 1.29 is 4.42 Å². The molecule has 5 heterocycles. The van der Waals surface area contributed by atoms with Crippen LogP contribution in [-0.2, 0) is 0 Å².